The Balaban J connectivity index is 1.48. The molecule has 0 radical (unpaired) electrons. The first-order valence-electron chi connectivity index (χ1n) is 9.15. The highest BCUT2D eigenvalue weighted by molar-refractivity contribution is 5.84. The minimum absolute atomic E-state index is 0.0681. The van der Waals surface area contributed by atoms with Gasteiger partial charge in [-0.25, -0.2) is 0 Å². The summed E-state index contributed by atoms with van der Waals surface area (Å²) < 4.78 is 0. The summed E-state index contributed by atoms with van der Waals surface area (Å²) in [6.07, 6.45) is 1.32. The first-order valence-corrected chi connectivity index (χ1v) is 9.15. The third-order valence-corrected chi connectivity index (χ3v) is 4.82. The molecule has 0 spiro atoms. The third kappa shape index (κ3) is 4.85. The van der Waals surface area contributed by atoms with Crippen molar-refractivity contribution in [3.05, 3.63) is 70.3 Å². The molecule has 2 aromatic carbocycles. The highest BCUT2D eigenvalue weighted by atomic mass is 16.6. The normalized spacial score (nSPS) is 14.4. The van der Waals surface area contributed by atoms with Gasteiger partial charge in [-0.15, -0.1) is 0 Å². The van der Waals surface area contributed by atoms with Crippen LogP contribution < -0.4 is 15.8 Å². The van der Waals surface area contributed by atoms with Crippen molar-refractivity contribution in [2.75, 3.05) is 18.0 Å². The lowest BCUT2D eigenvalue weighted by molar-refractivity contribution is -0.384. The van der Waals surface area contributed by atoms with Crippen LogP contribution in [0, 0.1) is 16.0 Å². The molecule has 1 aliphatic heterocycles. The first-order chi connectivity index (χ1) is 13.5. The predicted molar refractivity (Wildman–Crippen MR) is 104 cm³/mol. The zero-order valence-electron chi connectivity index (χ0n) is 15.3. The monoisotopic (exact) mass is 382 g/mol. The third-order valence-electron chi connectivity index (χ3n) is 4.82. The molecule has 8 nitrogen and oxygen atoms in total. The van der Waals surface area contributed by atoms with Gasteiger partial charge < -0.3 is 4.90 Å². The van der Waals surface area contributed by atoms with Crippen molar-refractivity contribution in [3.8, 4) is 0 Å². The fourth-order valence-electron chi connectivity index (χ4n) is 3.33. The average Bonchev–Trinajstić information content (AvgIpc) is 2.73. The Bertz CT molecular complexity index is 848. The Hall–Kier alpha value is -3.42. The topological polar surface area (TPSA) is 105 Å². The largest absolute Gasteiger partial charge is 0.366 e. The fourth-order valence-corrected chi connectivity index (χ4v) is 3.33. The number of nitrogens with zero attached hydrogens (tertiary/aromatic N) is 2. The predicted octanol–water partition coefficient (Wildman–Crippen LogP) is 2.20. The van der Waals surface area contributed by atoms with Gasteiger partial charge in [0.1, 0.15) is 5.69 Å². The number of hydrogen-bond donors (Lipinski definition) is 2. The molecule has 1 heterocycles. The van der Waals surface area contributed by atoms with Crippen molar-refractivity contribution < 1.29 is 14.5 Å². The van der Waals surface area contributed by atoms with Gasteiger partial charge in [0.2, 0.25) is 11.8 Å². The number of hydrazine groups is 1. The maximum atomic E-state index is 12.3. The summed E-state index contributed by atoms with van der Waals surface area (Å²) in [6, 6.07) is 15.9. The van der Waals surface area contributed by atoms with Gasteiger partial charge in [0.15, 0.2) is 0 Å². The van der Waals surface area contributed by atoms with Crippen molar-refractivity contribution in [1.29, 1.82) is 0 Å². The Morgan fingerprint density at radius 3 is 2.32 bits per heavy atom. The van der Waals surface area contributed by atoms with E-state index in [2.05, 4.69) is 10.9 Å². The summed E-state index contributed by atoms with van der Waals surface area (Å²) in [5.74, 6) is -0.753. The van der Waals surface area contributed by atoms with Crippen LogP contribution in [0.4, 0.5) is 11.4 Å². The van der Waals surface area contributed by atoms with Crippen molar-refractivity contribution in [2.45, 2.75) is 19.3 Å². The van der Waals surface area contributed by atoms with Crippen molar-refractivity contribution in [2.24, 2.45) is 5.92 Å². The molecule has 3 rings (SSSR count). The maximum Gasteiger partial charge on any atom is 0.292 e. The zero-order chi connectivity index (χ0) is 19.9. The van der Waals surface area contributed by atoms with Gasteiger partial charge in [-0.05, 0) is 24.5 Å². The van der Waals surface area contributed by atoms with E-state index in [1.807, 2.05) is 35.2 Å². The molecule has 1 fully saturated rings. The number of carbonyl (C=O) groups is 2. The van der Waals surface area contributed by atoms with Crippen LogP contribution in [0.2, 0.25) is 0 Å². The number of benzene rings is 2. The maximum absolute atomic E-state index is 12.3. The second-order valence-corrected chi connectivity index (χ2v) is 6.71. The van der Waals surface area contributed by atoms with Gasteiger partial charge >= 0.3 is 0 Å². The highest BCUT2D eigenvalue weighted by Gasteiger charge is 2.28. The summed E-state index contributed by atoms with van der Waals surface area (Å²) in [7, 11) is 0. The molecule has 0 unspecified atom stereocenters. The number of nitro groups is 1. The first kappa shape index (κ1) is 19.3. The minimum Gasteiger partial charge on any atom is -0.366 e. The molecule has 1 saturated heterocycles. The molecule has 146 valence electrons. The van der Waals surface area contributed by atoms with E-state index in [0.717, 1.165) is 5.56 Å². The van der Waals surface area contributed by atoms with E-state index in [1.54, 1.807) is 18.2 Å². The van der Waals surface area contributed by atoms with E-state index in [0.29, 0.717) is 31.6 Å². The summed E-state index contributed by atoms with van der Waals surface area (Å²) in [5.41, 5.74) is 6.45. The summed E-state index contributed by atoms with van der Waals surface area (Å²) in [5, 5.41) is 11.2. The standard InChI is InChI=1S/C20H22N4O4/c25-19(14-15-6-2-1-3-7-15)21-22-20(26)16-10-12-23(13-11-16)17-8-4-5-9-18(17)24(27)28/h1-9,16H,10-14H2,(H,21,25)(H,22,26). The van der Waals surface area contributed by atoms with E-state index in [-0.39, 0.29) is 29.8 Å². The molecule has 28 heavy (non-hydrogen) atoms. The van der Waals surface area contributed by atoms with Crippen LogP contribution in [-0.4, -0.2) is 29.8 Å². The van der Waals surface area contributed by atoms with Crippen LogP contribution >= 0.6 is 0 Å². The van der Waals surface area contributed by atoms with Gasteiger partial charge in [0.25, 0.3) is 5.69 Å². The van der Waals surface area contributed by atoms with Crippen molar-refractivity contribution in [3.63, 3.8) is 0 Å². The molecule has 0 aliphatic carbocycles. The van der Waals surface area contributed by atoms with E-state index in [1.165, 1.54) is 6.07 Å². The van der Waals surface area contributed by atoms with Gasteiger partial charge in [0.05, 0.1) is 11.3 Å². The van der Waals surface area contributed by atoms with E-state index >= 15 is 0 Å². The number of rotatable bonds is 5. The number of anilines is 1. The van der Waals surface area contributed by atoms with Gasteiger partial charge in [-0.1, -0.05) is 42.5 Å². The lowest BCUT2D eigenvalue weighted by Gasteiger charge is -2.32. The van der Waals surface area contributed by atoms with Crippen LogP contribution in [0.15, 0.2) is 54.6 Å². The van der Waals surface area contributed by atoms with Gasteiger partial charge in [0, 0.05) is 25.1 Å². The van der Waals surface area contributed by atoms with Crippen molar-refractivity contribution >= 4 is 23.2 Å². The molecule has 0 bridgehead atoms. The minimum atomic E-state index is -0.392. The lowest BCUT2D eigenvalue weighted by Crippen LogP contribution is -2.47. The molecule has 0 saturated carbocycles. The van der Waals surface area contributed by atoms with E-state index in [9.17, 15) is 19.7 Å². The number of nitro benzene ring substituents is 1. The van der Waals surface area contributed by atoms with Gasteiger partial charge in [-0.3, -0.25) is 30.6 Å². The quantitative estimate of drug-likeness (QED) is 0.609. The van der Waals surface area contributed by atoms with E-state index < -0.39 is 4.92 Å². The summed E-state index contributed by atoms with van der Waals surface area (Å²) in [6.45, 7) is 1.09. The van der Waals surface area contributed by atoms with Crippen LogP contribution in [0.25, 0.3) is 0 Å². The van der Waals surface area contributed by atoms with E-state index in [4.69, 9.17) is 0 Å². The SMILES string of the molecule is O=C(Cc1ccccc1)NNC(=O)C1CCN(c2ccccc2[N+](=O)[O-])CC1. The fraction of sp³-hybridized carbons (Fsp3) is 0.300. The number of amides is 2. The molecule has 2 amide bonds. The van der Waals surface area contributed by atoms with Crippen LogP contribution in [0.3, 0.4) is 0 Å². The summed E-state index contributed by atoms with van der Waals surface area (Å²) >= 11 is 0. The second kappa shape index (κ2) is 8.98. The molecule has 0 aromatic heterocycles. The lowest BCUT2D eigenvalue weighted by atomic mass is 9.95. The average molecular weight is 382 g/mol. The molecule has 1 aliphatic rings. The van der Waals surface area contributed by atoms with Crippen LogP contribution in [0.5, 0.6) is 0 Å². The number of para-hydroxylation sites is 2. The molecule has 8 heteroatoms. The molecule has 2 aromatic rings. The van der Waals surface area contributed by atoms with Crippen LogP contribution in [-0.2, 0) is 16.0 Å². The molecular weight excluding hydrogens is 360 g/mol. The number of carbonyl (C=O) groups excluding carboxylic acids is 2. The Morgan fingerprint density at radius 2 is 1.64 bits per heavy atom. The second-order valence-electron chi connectivity index (χ2n) is 6.71. The molecule has 2 N–H and O–H groups in total. The Labute approximate surface area is 162 Å². The number of hydrogen-bond acceptors (Lipinski definition) is 5. The van der Waals surface area contributed by atoms with Gasteiger partial charge in [-0.2, -0.15) is 0 Å². The summed E-state index contributed by atoms with van der Waals surface area (Å²) in [4.78, 5) is 37.0. The zero-order valence-corrected chi connectivity index (χ0v) is 15.3. The molecule has 0 atom stereocenters. The number of nitrogens with one attached hydrogen (secondary N) is 2. The Morgan fingerprint density at radius 1 is 1.00 bits per heavy atom. The smallest absolute Gasteiger partial charge is 0.292 e. The Kier molecular flexibility index (Phi) is 6.21. The molecular formula is C20H22N4O4. The van der Waals surface area contributed by atoms with Crippen LogP contribution in [0.1, 0.15) is 18.4 Å². The van der Waals surface area contributed by atoms with Crippen molar-refractivity contribution in [1.82, 2.24) is 10.9 Å². The number of piperidine rings is 1. The highest BCUT2D eigenvalue weighted by Crippen LogP contribution is 2.31.